The predicted octanol–water partition coefficient (Wildman–Crippen LogP) is 2.18. The van der Waals surface area contributed by atoms with Gasteiger partial charge in [0.25, 0.3) is 0 Å². The highest BCUT2D eigenvalue weighted by Gasteiger charge is 2.33. The van der Waals surface area contributed by atoms with E-state index in [0.29, 0.717) is 21.8 Å². The van der Waals surface area contributed by atoms with E-state index in [1.165, 1.54) is 0 Å². The number of hydrogen-bond donors (Lipinski definition) is 0. The minimum atomic E-state index is -3.15. The zero-order valence-electron chi connectivity index (χ0n) is 11.8. The lowest BCUT2D eigenvalue weighted by Gasteiger charge is -2.20. The molecule has 0 aliphatic rings. The van der Waals surface area contributed by atoms with Crippen molar-refractivity contribution in [1.29, 1.82) is 0 Å². The highest BCUT2D eigenvalue weighted by Crippen LogP contribution is 2.43. The fraction of sp³-hybridized carbons (Fsp3) is 0. The highest BCUT2D eigenvalue weighted by atomic mass is 31.2. The molecule has 1 heterocycles. The van der Waals surface area contributed by atoms with E-state index in [1.807, 2.05) is 60.7 Å². The van der Waals surface area contributed by atoms with Crippen molar-refractivity contribution < 1.29 is 9.22 Å². The zero-order valence-corrected chi connectivity index (χ0v) is 12.7. The second-order valence-corrected chi connectivity index (χ2v) is 7.40. The number of nitrogens with zero attached hydrogens (tertiary/aromatic N) is 1. The Morgan fingerprint density at radius 1 is 0.818 bits per heavy atom. The van der Waals surface area contributed by atoms with Gasteiger partial charge in [-0.2, -0.15) is 0 Å². The third-order valence-electron chi connectivity index (χ3n) is 3.42. The average Bonchev–Trinajstić information content (AvgIpc) is 2.62. The normalized spacial score (nSPS) is 11.1. The van der Waals surface area contributed by atoms with Crippen LogP contribution in [0, 0.1) is 0 Å². The number of rotatable bonds is 4. The standard InChI is InChI=1S/C17H13BNO2P/c18-21-16-12-7-13-19-17(16)22(20,14-8-3-1-4-9-14)15-10-5-2-6-11-15/h1-13H. The molecular formula is C17H13BNO2P. The van der Waals surface area contributed by atoms with Crippen LogP contribution >= 0.6 is 7.14 Å². The fourth-order valence-corrected chi connectivity index (χ4v) is 5.02. The first-order chi connectivity index (χ1) is 10.8. The molecular weight excluding hydrogens is 292 g/mol. The average molecular weight is 305 g/mol. The predicted molar refractivity (Wildman–Crippen MR) is 90.0 cm³/mol. The van der Waals surface area contributed by atoms with Gasteiger partial charge < -0.3 is 9.22 Å². The monoisotopic (exact) mass is 305 g/mol. The molecule has 0 saturated heterocycles. The van der Waals surface area contributed by atoms with E-state index in [1.54, 1.807) is 18.3 Å². The number of benzene rings is 2. The van der Waals surface area contributed by atoms with Crippen molar-refractivity contribution in [2.75, 3.05) is 0 Å². The van der Waals surface area contributed by atoms with Gasteiger partial charge in [0.1, 0.15) is 11.2 Å². The zero-order chi connectivity index (χ0) is 15.4. The number of hydrogen-bond acceptors (Lipinski definition) is 3. The summed E-state index contributed by atoms with van der Waals surface area (Å²) in [5.41, 5.74) is 0.356. The van der Waals surface area contributed by atoms with Crippen LogP contribution in [0.3, 0.4) is 0 Å². The van der Waals surface area contributed by atoms with Gasteiger partial charge in [-0.25, -0.2) is 4.98 Å². The summed E-state index contributed by atoms with van der Waals surface area (Å²) in [6.45, 7) is 0. The van der Waals surface area contributed by atoms with Crippen molar-refractivity contribution in [3.63, 3.8) is 0 Å². The van der Waals surface area contributed by atoms with Gasteiger partial charge >= 0.3 is 8.05 Å². The van der Waals surface area contributed by atoms with Gasteiger partial charge in [0, 0.05) is 16.8 Å². The number of aromatic nitrogens is 1. The molecule has 106 valence electrons. The lowest BCUT2D eigenvalue weighted by molar-refractivity contribution is 0.587. The third kappa shape index (κ3) is 2.47. The molecule has 0 amide bonds. The molecule has 3 rings (SSSR count). The largest absolute Gasteiger partial charge is 0.566 e. The Morgan fingerprint density at radius 3 is 1.86 bits per heavy atom. The second kappa shape index (κ2) is 6.21. The molecule has 0 atom stereocenters. The summed E-state index contributed by atoms with van der Waals surface area (Å²) in [7, 11) is 2.20. The van der Waals surface area contributed by atoms with E-state index in [2.05, 4.69) is 4.98 Å². The molecule has 0 fully saturated rings. The Kier molecular flexibility index (Phi) is 4.12. The van der Waals surface area contributed by atoms with E-state index < -0.39 is 7.14 Å². The number of pyridine rings is 1. The molecule has 0 spiro atoms. The summed E-state index contributed by atoms with van der Waals surface area (Å²) in [6.07, 6.45) is 1.59. The van der Waals surface area contributed by atoms with Crippen molar-refractivity contribution in [1.82, 2.24) is 4.98 Å². The quantitative estimate of drug-likeness (QED) is 0.548. The Labute approximate surface area is 130 Å². The molecule has 0 aliphatic carbocycles. The minimum absolute atomic E-state index is 0.318. The van der Waals surface area contributed by atoms with Crippen molar-refractivity contribution in [3.05, 3.63) is 79.0 Å². The molecule has 0 saturated carbocycles. The molecule has 22 heavy (non-hydrogen) atoms. The second-order valence-electron chi connectivity index (χ2n) is 4.72. The maximum atomic E-state index is 14.0. The Morgan fingerprint density at radius 2 is 1.36 bits per heavy atom. The van der Waals surface area contributed by atoms with Gasteiger partial charge in [-0.05, 0) is 12.1 Å². The Balaban J connectivity index is 2.32. The third-order valence-corrected chi connectivity index (χ3v) is 6.40. The lowest BCUT2D eigenvalue weighted by Crippen LogP contribution is -2.28. The molecule has 0 bridgehead atoms. The lowest BCUT2D eigenvalue weighted by atomic mass is 10.4. The molecule has 0 aliphatic heterocycles. The molecule has 2 radical (unpaired) electrons. The summed E-state index contributed by atoms with van der Waals surface area (Å²) in [5.74, 6) is 0.318. The van der Waals surface area contributed by atoms with Crippen LogP contribution in [0.2, 0.25) is 0 Å². The summed E-state index contributed by atoms with van der Waals surface area (Å²) in [5, 5.41) is 1.39. The smallest absolute Gasteiger partial charge is 0.374 e. The Hall–Kier alpha value is -2.32. The maximum Gasteiger partial charge on any atom is 0.374 e. The summed E-state index contributed by atoms with van der Waals surface area (Å²) in [6, 6.07) is 21.9. The van der Waals surface area contributed by atoms with E-state index in [0.717, 1.165) is 0 Å². The topological polar surface area (TPSA) is 39.2 Å². The van der Waals surface area contributed by atoms with Crippen molar-refractivity contribution >= 4 is 31.2 Å². The van der Waals surface area contributed by atoms with Gasteiger partial charge in [-0.1, -0.05) is 60.7 Å². The maximum absolute atomic E-state index is 14.0. The van der Waals surface area contributed by atoms with Gasteiger partial charge in [0.15, 0.2) is 7.14 Å². The van der Waals surface area contributed by atoms with Crippen LogP contribution in [0.5, 0.6) is 5.75 Å². The first kappa shape index (κ1) is 14.6. The van der Waals surface area contributed by atoms with Crippen LogP contribution in [0.1, 0.15) is 0 Å². The van der Waals surface area contributed by atoms with Crippen molar-refractivity contribution in [2.45, 2.75) is 0 Å². The molecule has 3 nitrogen and oxygen atoms in total. The summed E-state index contributed by atoms with van der Waals surface area (Å²) in [4.78, 5) is 4.31. The molecule has 5 heteroatoms. The molecule has 2 aromatic carbocycles. The van der Waals surface area contributed by atoms with Crippen LogP contribution < -0.4 is 20.7 Å². The molecule has 3 aromatic rings. The highest BCUT2D eigenvalue weighted by molar-refractivity contribution is 7.85. The van der Waals surface area contributed by atoms with Crippen LogP contribution in [-0.4, -0.2) is 13.0 Å². The van der Waals surface area contributed by atoms with E-state index in [-0.39, 0.29) is 0 Å². The minimum Gasteiger partial charge on any atom is -0.566 e. The first-order valence-corrected chi connectivity index (χ1v) is 8.51. The van der Waals surface area contributed by atoms with Gasteiger partial charge in [0.05, 0.1) is 0 Å². The summed E-state index contributed by atoms with van der Waals surface area (Å²) < 4.78 is 18.9. The Bertz CT molecular complexity index is 766. The fourth-order valence-electron chi connectivity index (χ4n) is 2.38. The van der Waals surface area contributed by atoms with Crippen LogP contribution in [-0.2, 0) is 4.57 Å². The van der Waals surface area contributed by atoms with Gasteiger partial charge in [-0.15, -0.1) is 0 Å². The molecule has 0 unspecified atom stereocenters. The van der Waals surface area contributed by atoms with Crippen molar-refractivity contribution in [3.8, 4) is 5.75 Å². The van der Waals surface area contributed by atoms with E-state index in [9.17, 15) is 4.57 Å². The van der Waals surface area contributed by atoms with E-state index >= 15 is 0 Å². The van der Waals surface area contributed by atoms with Crippen LogP contribution in [0.15, 0.2) is 79.0 Å². The van der Waals surface area contributed by atoms with Crippen LogP contribution in [0.25, 0.3) is 0 Å². The van der Waals surface area contributed by atoms with Gasteiger partial charge in [0.2, 0.25) is 0 Å². The summed E-state index contributed by atoms with van der Waals surface area (Å²) >= 11 is 0. The molecule has 1 aromatic heterocycles. The van der Waals surface area contributed by atoms with E-state index in [4.69, 9.17) is 12.7 Å². The molecule has 0 N–H and O–H groups in total. The van der Waals surface area contributed by atoms with Gasteiger partial charge in [-0.3, -0.25) is 0 Å². The first-order valence-electron chi connectivity index (χ1n) is 6.80. The van der Waals surface area contributed by atoms with Crippen LogP contribution in [0.4, 0.5) is 0 Å². The van der Waals surface area contributed by atoms with Crippen molar-refractivity contribution in [2.24, 2.45) is 0 Å². The SMILES string of the molecule is [B]Oc1cccnc1P(=O)(c1ccccc1)c1ccccc1.